The van der Waals surface area contributed by atoms with Crippen molar-refractivity contribution in [2.24, 2.45) is 0 Å². The average molecular weight is 249 g/mol. The van der Waals surface area contributed by atoms with Gasteiger partial charge in [0.05, 0.1) is 18.5 Å². The first-order valence-electron chi connectivity index (χ1n) is 6.44. The number of rotatable bonds is 3. The van der Waals surface area contributed by atoms with Gasteiger partial charge >= 0.3 is 6.09 Å². The topological polar surface area (TPSA) is 54.5 Å². The van der Waals surface area contributed by atoms with Crippen LogP contribution in [0.15, 0.2) is 18.3 Å². The predicted octanol–water partition coefficient (Wildman–Crippen LogP) is 2.64. The van der Waals surface area contributed by atoms with Crippen LogP contribution in [0.5, 0.6) is 0 Å². The molecule has 1 aromatic rings. The van der Waals surface area contributed by atoms with E-state index in [1.807, 2.05) is 12.1 Å². The fraction of sp³-hybridized carbons (Fsp3) is 0.538. The number of amides is 1. The maximum absolute atomic E-state index is 11.2. The van der Waals surface area contributed by atoms with E-state index in [-0.39, 0.29) is 0 Å². The molecule has 98 valence electrons. The van der Waals surface area contributed by atoms with Crippen molar-refractivity contribution in [3.63, 3.8) is 0 Å². The van der Waals surface area contributed by atoms with E-state index in [9.17, 15) is 4.79 Å². The second kappa shape index (κ2) is 6.23. The Morgan fingerprint density at radius 1 is 1.39 bits per heavy atom. The molecule has 0 radical (unpaired) electrons. The van der Waals surface area contributed by atoms with E-state index in [4.69, 9.17) is 4.74 Å². The van der Waals surface area contributed by atoms with Crippen molar-refractivity contribution in [2.45, 2.75) is 26.2 Å². The highest BCUT2D eigenvalue weighted by Gasteiger charge is 2.11. The first-order valence-corrected chi connectivity index (χ1v) is 6.44. The van der Waals surface area contributed by atoms with Gasteiger partial charge in [-0.2, -0.15) is 0 Å². The summed E-state index contributed by atoms with van der Waals surface area (Å²) in [5.41, 5.74) is 0.661. The number of anilines is 2. The molecule has 1 aliphatic rings. The third kappa shape index (κ3) is 3.35. The fourth-order valence-electron chi connectivity index (χ4n) is 2.06. The van der Waals surface area contributed by atoms with Crippen molar-refractivity contribution in [1.82, 2.24) is 4.98 Å². The molecular weight excluding hydrogens is 230 g/mol. The number of nitrogens with one attached hydrogen (secondary N) is 1. The van der Waals surface area contributed by atoms with Gasteiger partial charge < -0.3 is 9.64 Å². The number of hydrogen-bond donors (Lipinski definition) is 1. The van der Waals surface area contributed by atoms with E-state index < -0.39 is 6.09 Å². The Morgan fingerprint density at radius 3 is 2.78 bits per heavy atom. The van der Waals surface area contributed by atoms with Crippen LogP contribution in [-0.2, 0) is 4.74 Å². The van der Waals surface area contributed by atoms with Crippen molar-refractivity contribution >= 4 is 17.6 Å². The number of piperidine rings is 1. The molecule has 1 N–H and O–H groups in total. The molecule has 5 heteroatoms. The predicted molar refractivity (Wildman–Crippen MR) is 70.9 cm³/mol. The van der Waals surface area contributed by atoms with Crippen LogP contribution in [0, 0.1) is 0 Å². The SMILES string of the molecule is CCOC(=O)Nc1ccc(N2CCCCC2)nc1. The second-order valence-electron chi connectivity index (χ2n) is 4.30. The van der Waals surface area contributed by atoms with E-state index >= 15 is 0 Å². The number of carbonyl (C=O) groups excluding carboxylic acids is 1. The van der Waals surface area contributed by atoms with E-state index in [0.29, 0.717) is 12.3 Å². The van der Waals surface area contributed by atoms with Crippen molar-refractivity contribution in [1.29, 1.82) is 0 Å². The van der Waals surface area contributed by atoms with Crippen LogP contribution in [0.25, 0.3) is 0 Å². The molecule has 2 rings (SSSR count). The van der Waals surface area contributed by atoms with Crippen LogP contribution in [0.1, 0.15) is 26.2 Å². The van der Waals surface area contributed by atoms with Gasteiger partial charge in [0.2, 0.25) is 0 Å². The highest BCUT2D eigenvalue weighted by atomic mass is 16.5. The Bertz CT molecular complexity index is 386. The minimum absolute atomic E-state index is 0.366. The maximum atomic E-state index is 11.2. The molecule has 0 spiro atoms. The van der Waals surface area contributed by atoms with Gasteiger partial charge in [-0.1, -0.05) is 0 Å². The Labute approximate surface area is 107 Å². The molecule has 0 aliphatic carbocycles. The Balaban J connectivity index is 1.94. The number of aromatic nitrogens is 1. The molecule has 1 fully saturated rings. The van der Waals surface area contributed by atoms with Crippen molar-refractivity contribution < 1.29 is 9.53 Å². The average Bonchev–Trinajstić information content (AvgIpc) is 2.41. The van der Waals surface area contributed by atoms with Gasteiger partial charge in [-0.3, -0.25) is 5.32 Å². The lowest BCUT2D eigenvalue weighted by molar-refractivity contribution is 0.168. The lowest BCUT2D eigenvalue weighted by Crippen LogP contribution is -2.30. The van der Waals surface area contributed by atoms with Gasteiger partial charge in [0.15, 0.2) is 0 Å². The number of pyridine rings is 1. The smallest absolute Gasteiger partial charge is 0.411 e. The molecule has 1 amide bonds. The lowest BCUT2D eigenvalue weighted by Gasteiger charge is -2.27. The molecule has 0 bridgehead atoms. The first kappa shape index (κ1) is 12.7. The number of ether oxygens (including phenoxy) is 1. The summed E-state index contributed by atoms with van der Waals surface area (Å²) in [5, 5.41) is 2.63. The highest BCUT2D eigenvalue weighted by Crippen LogP contribution is 2.18. The van der Waals surface area contributed by atoms with Crippen LogP contribution < -0.4 is 10.2 Å². The normalized spacial score (nSPS) is 15.3. The molecule has 0 aromatic carbocycles. The molecule has 0 atom stereocenters. The molecule has 2 heterocycles. The molecule has 1 saturated heterocycles. The first-order chi connectivity index (χ1) is 8.79. The van der Waals surface area contributed by atoms with Gasteiger partial charge in [-0.25, -0.2) is 9.78 Å². The van der Waals surface area contributed by atoms with Gasteiger partial charge in [0, 0.05) is 13.1 Å². The fourth-order valence-corrected chi connectivity index (χ4v) is 2.06. The lowest BCUT2D eigenvalue weighted by atomic mass is 10.1. The monoisotopic (exact) mass is 249 g/mol. The van der Waals surface area contributed by atoms with Crippen molar-refractivity contribution in [3.8, 4) is 0 Å². The van der Waals surface area contributed by atoms with Crippen LogP contribution in [0.3, 0.4) is 0 Å². The van der Waals surface area contributed by atoms with Crippen molar-refractivity contribution in [2.75, 3.05) is 29.9 Å². The molecule has 1 aromatic heterocycles. The summed E-state index contributed by atoms with van der Waals surface area (Å²) >= 11 is 0. The van der Waals surface area contributed by atoms with E-state index in [2.05, 4.69) is 15.2 Å². The van der Waals surface area contributed by atoms with Crippen LogP contribution >= 0.6 is 0 Å². The summed E-state index contributed by atoms with van der Waals surface area (Å²) in [6, 6.07) is 3.79. The van der Waals surface area contributed by atoms with E-state index in [0.717, 1.165) is 18.9 Å². The van der Waals surface area contributed by atoms with Gasteiger partial charge in [-0.05, 0) is 38.3 Å². The number of nitrogens with zero attached hydrogens (tertiary/aromatic N) is 2. The zero-order valence-corrected chi connectivity index (χ0v) is 10.7. The Morgan fingerprint density at radius 2 is 2.17 bits per heavy atom. The molecule has 18 heavy (non-hydrogen) atoms. The van der Waals surface area contributed by atoms with Crippen LogP contribution in [-0.4, -0.2) is 30.8 Å². The molecular formula is C13H19N3O2. The van der Waals surface area contributed by atoms with E-state index in [1.165, 1.54) is 19.3 Å². The summed E-state index contributed by atoms with van der Waals surface area (Å²) in [4.78, 5) is 17.9. The standard InChI is InChI=1S/C13H19N3O2/c1-2-18-13(17)15-11-6-7-12(14-10-11)16-8-4-3-5-9-16/h6-7,10H,2-5,8-9H2,1H3,(H,15,17). The Kier molecular flexibility index (Phi) is 4.39. The molecule has 1 aliphatic heterocycles. The minimum atomic E-state index is -0.440. The van der Waals surface area contributed by atoms with Gasteiger partial charge in [0.1, 0.15) is 5.82 Å². The third-order valence-corrected chi connectivity index (χ3v) is 2.95. The molecule has 0 unspecified atom stereocenters. The van der Waals surface area contributed by atoms with Crippen LogP contribution in [0.4, 0.5) is 16.3 Å². The quantitative estimate of drug-likeness (QED) is 0.894. The summed E-state index contributed by atoms with van der Waals surface area (Å²) in [7, 11) is 0. The van der Waals surface area contributed by atoms with Crippen LogP contribution in [0.2, 0.25) is 0 Å². The van der Waals surface area contributed by atoms with E-state index in [1.54, 1.807) is 13.1 Å². The van der Waals surface area contributed by atoms with Gasteiger partial charge in [0.25, 0.3) is 0 Å². The molecule has 0 saturated carbocycles. The third-order valence-electron chi connectivity index (χ3n) is 2.95. The number of carbonyl (C=O) groups is 1. The maximum Gasteiger partial charge on any atom is 0.411 e. The number of hydrogen-bond acceptors (Lipinski definition) is 4. The summed E-state index contributed by atoms with van der Waals surface area (Å²) in [5.74, 6) is 0.976. The minimum Gasteiger partial charge on any atom is -0.450 e. The Hall–Kier alpha value is -1.78. The zero-order valence-electron chi connectivity index (χ0n) is 10.7. The second-order valence-corrected chi connectivity index (χ2v) is 4.30. The van der Waals surface area contributed by atoms with Gasteiger partial charge in [-0.15, -0.1) is 0 Å². The summed E-state index contributed by atoms with van der Waals surface area (Å²) in [6.07, 6.45) is 4.99. The highest BCUT2D eigenvalue weighted by molar-refractivity contribution is 5.84. The molecule has 5 nitrogen and oxygen atoms in total. The zero-order chi connectivity index (χ0) is 12.8. The summed E-state index contributed by atoms with van der Waals surface area (Å²) < 4.78 is 4.80. The summed E-state index contributed by atoms with van der Waals surface area (Å²) in [6.45, 7) is 4.28. The largest absolute Gasteiger partial charge is 0.450 e. The van der Waals surface area contributed by atoms with Crippen molar-refractivity contribution in [3.05, 3.63) is 18.3 Å².